The van der Waals surface area contributed by atoms with Crippen LogP contribution in [0.5, 0.6) is 0 Å². The molecule has 10 heteroatoms. The van der Waals surface area contributed by atoms with Crippen LogP contribution in [0.15, 0.2) is 4.42 Å². The molecule has 0 aromatic carbocycles. The largest absolute Gasteiger partial charge is 0.424 e. The van der Waals surface area contributed by atoms with Crippen LogP contribution in [0, 0.1) is 0 Å². The number of nitrogens with zero attached hydrogens (tertiary/aromatic N) is 5. The van der Waals surface area contributed by atoms with Crippen molar-refractivity contribution < 1.29 is 22.4 Å². The topological polar surface area (TPSA) is 65.7 Å². The molecule has 28 heavy (non-hydrogen) atoms. The van der Waals surface area contributed by atoms with Crippen molar-refractivity contribution in [1.29, 1.82) is 0 Å². The zero-order chi connectivity index (χ0) is 19.7. The van der Waals surface area contributed by atoms with Gasteiger partial charge in [0.25, 0.3) is 0 Å². The summed E-state index contributed by atoms with van der Waals surface area (Å²) in [6, 6.07) is -0.438. The maximum absolute atomic E-state index is 12.7. The lowest BCUT2D eigenvalue weighted by molar-refractivity contribution is -0.168. The van der Waals surface area contributed by atoms with Crippen molar-refractivity contribution in [3.8, 4) is 0 Å². The fourth-order valence-electron chi connectivity index (χ4n) is 4.21. The van der Waals surface area contributed by atoms with Crippen molar-refractivity contribution in [1.82, 2.24) is 24.9 Å². The molecule has 156 valence electrons. The van der Waals surface area contributed by atoms with Crippen LogP contribution in [0.1, 0.15) is 49.8 Å². The van der Waals surface area contributed by atoms with Crippen LogP contribution in [0.2, 0.25) is 0 Å². The summed E-state index contributed by atoms with van der Waals surface area (Å²) in [5, 5.41) is 8.28. The van der Waals surface area contributed by atoms with Gasteiger partial charge in [-0.2, -0.15) is 13.2 Å². The fraction of sp³-hybridized carbons (Fsp3) is 0.833. The van der Waals surface area contributed by atoms with E-state index in [-0.39, 0.29) is 12.5 Å². The van der Waals surface area contributed by atoms with Gasteiger partial charge in [-0.25, -0.2) is 0 Å². The molecule has 1 aromatic heterocycles. The summed E-state index contributed by atoms with van der Waals surface area (Å²) < 4.78 is 43.8. The molecular formula is C18H26F3N5O2. The molecule has 1 saturated carbocycles. The minimum Gasteiger partial charge on any atom is -0.424 e. The third kappa shape index (κ3) is 4.48. The highest BCUT2D eigenvalue weighted by Gasteiger charge is 2.40. The zero-order valence-electron chi connectivity index (χ0n) is 15.8. The second-order valence-electron chi connectivity index (χ2n) is 8.01. The number of alkyl halides is 3. The van der Waals surface area contributed by atoms with Gasteiger partial charge >= 0.3 is 6.18 Å². The Morgan fingerprint density at radius 2 is 1.75 bits per heavy atom. The molecule has 0 radical (unpaired) electrons. The third-order valence-corrected chi connectivity index (χ3v) is 6.02. The van der Waals surface area contributed by atoms with Crippen LogP contribution in [-0.4, -0.2) is 82.3 Å². The first kappa shape index (κ1) is 19.6. The number of hydrogen-bond donors (Lipinski definition) is 0. The first-order valence-corrected chi connectivity index (χ1v) is 10.0. The van der Waals surface area contributed by atoms with Gasteiger partial charge in [0.15, 0.2) is 0 Å². The van der Waals surface area contributed by atoms with E-state index in [2.05, 4.69) is 15.1 Å². The Hall–Kier alpha value is -1.68. The minimum absolute atomic E-state index is 0.190. The molecule has 2 aliphatic heterocycles. The zero-order valence-corrected chi connectivity index (χ0v) is 15.8. The summed E-state index contributed by atoms with van der Waals surface area (Å²) in [6.07, 6.45) is 0.325. The summed E-state index contributed by atoms with van der Waals surface area (Å²) in [4.78, 5) is 17.7. The fourth-order valence-corrected chi connectivity index (χ4v) is 4.21. The highest BCUT2D eigenvalue weighted by Crippen LogP contribution is 2.35. The van der Waals surface area contributed by atoms with Crippen LogP contribution >= 0.6 is 0 Å². The maximum atomic E-state index is 12.7. The lowest BCUT2D eigenvalue weighted by Gasteiger charge is -2.42. The second kappa shape index (κ2) is 7.98. The number of halogens is 3. The van der Waals surface area contributed by atoms with Gasteiger partial charge < -0.3 is 9.32 Å². The standard InChI is InChI=1S/C18H26F3N5O2/c19-18(20,21)12-26-6-2-5-14(17(26)27)25-9-7-24(8-10-25)11-15-22-23-16(28-15)13-3-1-4-13/h13-14H,1-12H2/t14-/m0/s1. The number of likely N-dealkylation sites (tertiary alicyclic amines) is 1. The molecule has 0 unspecified atom stereocenters. The van der Waals surface area contributed by atoms with Gasteiger partial charge in [-0.05, 0) is 25.7 Å². The van der Waals surface area contributed by atoms with Gasteiger partial charge in [-0.15, -0.1) is 10.2 Å². The van der Waals surface area contributed by atoms with Crippen LogP contribution < -0.4 is 0 Å². The summed E-state index contributed by atoms with van der Waals surface area (Å²) in [6.45, 7) is 2.37. The van der Waals surface area contributed by atoms with Gasteiger partial charge in [0.05, 0.1) is 12.6 Å². The number of amides is 1. The van der Waals surface area contributed by atoms with E-state index in [1.54, 1.807) is 0 Å². The SMILES string of the molecule is O=C1[C@@H](N2CCN(Cc3nnc(C4CCC4)o3)CC2)CCCN1CC(F)(F)F. The van der Waals surface area contributed by atoms with Crippen molar-refractivity contribution in [3.63, 3.8) is 0 Å². The van der Waals surface area contributed by atoms with Crippen LogP contribution in [0.3, 0.4) is 0 Å². The molecule has 1 aliphatic carbocycles. The van der Waals surface area contributed by atoms with Crippen molar-refractivity contribution in [2.45, 2.75) is 56.8 Å². The Balaban J connectivity index is 1.27. The highest BCUT2D eigenvalue weighted by molar-refractivity contribution is 5.82. The normalized spacial score (nSPS) is 25.9. The first-order chi connectivity index (χ1) is 13.4. The average molecular weight is 401 g/mol. The molecule has 1 atom stereocenters. The predicted octanol–water partition coefficient (Wildman–Crippen LogP) is 2.01. The van der Waals surface area contributed by atoms with Gasteiger partial charge in [0, 0.05) is 38.6 Å². The monoisotopic (exact) mass is 401 g/mol. The number of piperazine rings is 1. The van der Waals surface area contributed by atoms with E-state index in [4.69, 9.17) is 4.42 Å². The number of carbonyl (C=O) groups is 1. The summed E-state index contributed by atoms with van der Waals surface area (Å²) >= 11 is 0. The molecule has 7 nitrogen and oxygen atoms in total. The van der Waals surface area contributed by atoms with E-state index in [1.807, 2.05) is 4.90 Å². The van der Waals surface area contributed by atoms with Gasteiger partial charge in [0.1, 0.15) is 6.54 Å². The predicted molar refractivity (Wildman–Crippen MR) is 93.4 cm³/mol. The Morgan fingerprint density at radius 1 is 1.00 bits per heavy atom. The third-order valence-electron chi connectivity index (χ3n) is 6.02. The number of aromatic nitrogens is 2. The minimum atomic E-state index is -4.35. The second-order valence-corrected chi connectivity index (χ2v) is 8.01. The summed E-state index contributed by atoms with van der Waals surface area (Å²) in [7, 11) is 0. The lowest BCUT2D eigenvalue weighted by Crippen LogP contribution is -2.58. The molecular weight excluding hydrogens is 375 g/mol. The number of rotatable bonds is 5. The molecule has 0 N–H and O–H groups in total. The smallest absolute Gasteiger partial charge is 0.406 e. The molecule has 4 rings (SSSR count). The van der Waals surface area contributed by atoms with Gasteiger partial charge in [-0.1, -0.05) is 6.42 Å². The van der Waals surface area contributed by atoms with E-state index < -0.39 is 18.8 Å². The molecule has 0 spiro atoms. The van der Waals surface area contributed by atoms with Crippen molar-refractivity contribution >= 4 is 5.91 Å². The van der Waals surface area contributed by atoms with E-state index in [0.717, 1.165) is 36.7 Å². The molecule has 3 fully saturated rings. The van der Waals surface area contributed by atoms with Crippen LogP contribution in [0.25, 0.3) is 0 Å². The van der Waals surface area contributed by atoms with Gasteiger partial charge in [-0.3, -0.25) is 14.6 Å². The summed E-state index contributed by atoms with van der Waals surface area (Å²) in [5.41, 5.74) is 0. The number of carbonyl (C=O) groups excluding carboxylic acids is 1. The Kier molecular flexibility index (Phi) is 5.59. The van der Waals surface area contributed by atoms with E-state index in [1.165, 1.54) is 6.42 Å². The Bertz CT molecular complexity index is 683. The van der Waals surface area contributed by atoms with E-state index in [9.17, 15) is 18.0 Å². The van der Waals surface area contributed by atoms with Gasteiger partial charge in [0.2, 0.25) is 17.7 Å². The quantitative estimate of drug-likeness (QED) is 0.752. The molecule has 2 saturated heterocycles. The molecule has 1 aromatic rings. The molecule has 3 heterocycles. The molecule has 1 amide bonds. The first-order valence-electron chi connectivity index (χ1n) is 10.0. The Labute approximate surface area is 161 Å². The lowest BCUT2D eigenvalue weighted by atomic mass is 9.85. The Morgan fingerprint density at radius 3 is 2.39 bits per heavy atom. The number of hydrogen-bond acceptors (Lipinski definition) is 6. The molecule has 3 aliphatic rings. The van der Waals surface area contributed by atoms with Crippen molar-refractivity contribution in [3.05, 3.63) is 11.8 Å². The highest BCUT2D eigenvalue weighted by atomic mass is 19.4. The maximum Gasteiger partial charge on any atom is 0.406 e. The van der Waals surface area contributed by atoms with Crippen LogP contribution in [-0.2, 0) is 11.3 Å². The average Bonchev–Trinajstić information content (AvgIpc) is 3.03. The van der Waals surface area contributed by atoms with E-state index >= 15 is 0 Å². The van der Waals surface area contributed by atoms with Crippen LogP contribution in [0.4, 0.5) is 13.2 Å². The van der Waals surface area contributed by atoms with Crippen molar-refractivity contribution in [2.24, 2.45) is 0 Å². The van der Waals surface area contributed by atoms with E-state index in [0.29, 0.717) is 44.3 Å². The number of piperidine rings is 1. The molecule has 0 bridgehead atoms. The summed E-state index contributed by atoms with van der Waals surface area (Å²) in [5.74, 6) is 1.37. The van der Waals surface area contributed by atoms with Crippen molar-refractivity contribution in [2.75, 3.05) is 39.3 Å².